The highest BCUT2D eigenvalue weighted by Gasteiger charge is 2.31. The number of rotatable bonds is 16. The summed E-state index contributed by atoms with van der Waals surface area (Å²) < 4.78 is 0. The molecule has 1 aromatic heterocycles. The highest BCUT2D eigenvalue weighted by molar-refractivity contribution is 5.95. The molecule has 1 aromatic rings. The van der Waals surface area contributed by atoms with Crippen LogP contribution in [-0.2, 0) is 30.4 Å². The fraction of sp³-hybridized carbons (Fsp3) is 0.526. The van der Waals surface area contributed by atoms with Gasteiger partial charge in [0.25, 0.3) is 0 Å². The van der Waals surface area contributed by atoms with Gasteiger partial charge in [-0.15, -0.1) is 0 Å². The number of aliphatic hydroxyl groups is 1. The molecule has 0 aromatic carbocycles. The summed E-state index contributed by atoms with van der Waals surface area (Å²) in [5.41, 5.74) is 16.3. The van der Waals surface area contributed by atoms with Crippen LogP contribution in [0.25, 0.3) is 0 Å². The molecule has 1 heterocycles. The molecule has 0 spiro atoms. The van der Waals surface area contributed by atoms with E-state index in [1.54, 1.807) is 0 Å². The van der Waals surface area contributed by atoms with E-state index < -0.39 is 66.9 Å². The number of aromatic amines is 1. The number of guanidine groups is 1. The molecule has 0 bridgehead atoms. The fourth-order valence-corrected chi connectivity index (χ4v) is 2.88. The molecule has 0 aliphatic heterocycles. The van der Waals surface area contributed by atoms with Crippen molar-refractivity contribution in [2.45, 2.75) is 49.9 Å². The van der Waals surface area contributed by atoms with Crippen LogP contribution in [0.1, 0.15) is 25.0 Å². The molecule has 0 aliphatic carbocycles. The van der Waals surface area contributed by atoms with Crippen LogP contribution < -0.4 is 33.2 Å². The first-order valence-electron chi connectivity index (χ1n) is 10.7. The molecule has 0 radical (unpaired) electrons. The third kappa shape index (κ3) is 10.8. The number of carboxylic acids is 2. The Labute approximate surface area is 204 Å². The minimum absolute atomic E-state index is 0.0362. The van der Waals surface area contributed by atoms with E-state index in [2.05, 4.69) is 30.9 Å². The first-order chi connectivity index (χ1) is 16.9. The van der Waals surface area contributed by atoms with E-state index in [1.807, 2.05) is 0 Å². The third-order valence-corrected chi connectivity index (χ3v) is 4.72. The molecule has 4 unspecified atom stereocenters. The Morgan fingerprint density at radius 1 is 1.00 bits per heavy atom. The molecule has 3 amide bonds. The molecule has 1 rings (SSSR count). The molecule has 17 nitrogen and oxygen atoms in total. The Balaban J connectivity index is 2.99. The van der Waals surface area contributed by atoms with Crippen molar-refractivity contribution in [1.29, 1.82) is 0 Å². The summed E-state index contributed by atoms with van der Waals surface area (Å²) in [4.78, 5) is 70.8. The van der Waals surface area contributed by atoms with E-state index in [0.717, 1.165) is 0 Å². The van der Waals surface area contributed by atoms with Crippen LogP contribution in [0.15, 0.2) is 17.5 Å². The minimum atomic E-state index is -1.68. The van der Waals surface area contributed by atoms with Crippen LogP contribution in [0.4, 0.5) is 0 Å². The monoisotopic (exact) mass is 513 g/mol. The number of aliphatic imine (C=N–C) groups is 1. The van der Waals surface area contributed by atoms with E-state index >= 15 is 0 Å². The van der Waals surface area contributed by atoms with Gasteiger partial charge in [-0.1, -0.05) is 0 Å². The van der Waals surface area contributed by atoms with Crippen LogP contribution in [0.2, 0.25) is 0 Å². The van der Waals surface area contributed by atoms with Crippen LogP contribution in [0.5, 0.6) is 0 Å². The predicted octanol–water partition coefficient (Wildman–Crippen LogP) is -4.66. The summed E-state index contributed by atoms with van der Waals surface area (Å²) in [6.45, 7) is -0.605. The zero-order valence-corrected chi connectivity index (χ0v) is 19.2. The van der Waals surface area contributed by atoms with Crippen molar-refractivity contribution in [3.63, 3.8) is 0 Å². The fourth-order valence-electron chi connectivity index (χ4n) is 2.88. The number of carboxylic acid groups (broad SMARTS) is 2. The van der Waals surface area contributed by atoms with Gasteiger partial charge in [-0.3, -0.25) is 24.2 Å². The lowest BCUT2D eigenvalue weighted by atomic mass is 10.1. The quantitative estimate of drug-likeness (QED) is 0.0566. The second-order valence-electron chi connectivity index (χ2n) is 7.64. The number of carbonyl (C=O) groups is 5. The van der Waals surface area contributed by atoms with Crippen molar-refractivity contribution >= 4 is 35.6 Å². The number of nitrogens with two attached hydrogens (primary N) is 3. The molecule has 13 N–H and O–H groups in total. The number of amides is 3. The van der Waals surface area contributed by atoms with E-state index in [4.69, 9.17) is 22.3 Å². The SMILES string of the molecule is NC(N)=NCCCC(NC(=O)C(N)CO)C(=O)NC(CC(=O)O)C(=O)NC(Cc1cnc[nH]1)C(=O)O. The first kappa shape index (κ1) is 29.8. The van der Waals surface area contributed by atoms with Gasteiger partial charge in [0, 0.05) is 24.9 Å². The lowest BCUT2D eigenvalue weighted by Crippen LogP contribution is -2.58. The smallest absolute Gasteiger partial charge is 0.326 e. The third-order valence-electron chi connectivity index (χ3n) is 4.72. The summed E-state index contributed by atoms with van der Waals surface area (Å²) in [7, 11) is 0. The molecule has 0 saturated heterocycles. The molecule has 0 fully saturated rings. The number of nitrogens with one attached hydrogen (secondary N) is 4. The van der Waals surface area contributed by atoms with Gasteiger partial charge >= 0.3 is 11.9 Å². The van der Waals surface area contributed by atoms with Crippen molar-refractivity contribution in [3.8, 4) is 0 Å². The van der Waals surface area contributed by atoms with Gasteiger partial charge in [0.15, 0.2) is 5.96 Å². The van der Waals surface area contributed by atoms with Crippen molar-refractivity contribution < 1.29 is 39.3 Å². The van der Waals surface area contributed by atoms with Gasteiger partial charge in [0.05, 0.1) is 19.4 Å². The second-order valence-corrected chi connectivity index (χ2v) is 7.64. The average molecular weight is 514 g/mol. The lowest BCUT2D eigenvalue weighted by molar-refractivity contribution is -0.143. The highest BCUT2D eigenvalue weighted by Crippen LogP contribution is 2.04. The molecular formula is C19H31N9O8. The number of imidazole rings is 1. The molecule has 36 heavy (non-hydrogen) atoms. The Hall–Kier alpha value is -4.25. The number of carbonyl (C=O) groups excluding carboxylic acids is 3. The summed E-state index contributed by atoms with van der Waals surface area (Å²) in [6.07, 6.45) is 1.77. The number of hydrogen-bond donors (Lipinski definition) is 10. The van der Waals surface area contributed by atoms with Gasteiger partial charge in [0.1, 0.15) is 24.2 Å². The number of nitrogens with zero attached hydrogens (tertiary/aromatic N) is 2. The Morgan fingerprint density at radius 3 is 2.14 bits per heavy atom. The zero-order valence-electron chi connectivity index (χ0n) is 19.2. The molecule has 200 valence electrons. The van der Waals surface area contributed by atoms with Crippen molar-refractivity contribution in [2.75, 3.05) is 13.2 Å². The van der Waals surface area contributed by atoms with Crippen LogP contribution in [-0.4, -0.2) is 98.2 Å². The van der Waals surface area contributed by atoms with Gasteiger partial charge in [-0.2, -0.15) is 0 Å². The van der Waals surface area contributed by atoms with Gasteiger partial charge in [-0.05, 0) is 12.8 Å². The number of aliphatic hydroxyl groups excluding tert-OH is 1. The topological polar surface area (TPSA) is 301 Å². The van der Waals surface area contributed by atoms with Crippen LogP contribution in [0.3, 0.4) is 0 Å². The molecular weight excluding hydrogens is 482 g/mol. The Bertz CT molecular complexity index is 933. The molecule has 4 atom stereocenters. The largest absolute Gasteiger partial charge is 0.481 e. The molecule has 17 heteroatoms. The van der Waals surface area contributed by atoms with Crippen molar-refractivity contribution in [1.82, 2.24) is 25.9 Å². The molecule has 0 saturated carbocycles. The lowest BCUT2D eigenvalue weighted by Gasteiger charge is -2.24. The van der Waals surface area contributed by atoms with Crippen LogP contribution >= 0.6 is 0 Å². The highest BCUT2D eigenvalue weighted by atomic mass is 16.4. The maximum Gasteiger partial charge on any atom is 0.326 e. The standard InChI is InChI=1S/C19H31N9O8/c20-10(7-29)15(32)26-11(2-1-3-24-19(21)22)16(33)27-12(5-14(30)31)17(34)28-13(18(35)36)4-9-6-23-8-25-9/h6,8,10-13,29H,1-5,7,20H2,(H,23,25)(H,26,32)(H,27,33)(H,28,34)(H,30,31)(H,35,36)(H4,21,22,24). The number of H-pyrrole nitrogens is 1. The summed E-state index contributed by atoms with van der Waals surface area (Å²) >= 11 is 0. The van der Waals surface area contributed by atoms with E-state index in [0.29, 0.717) is 5.69 Å². The predicted molar refractivity (Wildman–Crippen MR) is 123 cm³/mol. The zero-order chi connectivity index (χ0) is 27.3. The van der Waals surface area contributed by atoms with Crippen LogP contribution in [0, 0.1) is 0 Å². The first-order valence-corrected chi connectivity index (χ1v) is 10.7. The summed E-state index contributed by atoms with van der Waals surface area (Å²) in [5.74, 6) is -5.93. The van der Waals surface area contributed by atoms with Gasteiger partial charge in [-0.25, -0.2) is 9.78 Å². The van der Waals surface area contributed by atoms with Crippen molar-refractivity contribution in [2.24, 2.45) is 22.2 Å². The second kappa shape index (κ2) is 14.9. The minimum Gasteiger partial charge on any atom is -0.481 e. The van der Waals surface area contributed by atoms with E-state index in [9.17, 15) is 34.2 Å². The summed E-state index contributed by atoms with van der Waals surface area (Å²) in [5, 5.41) is 34.4. The molecule has 0 aliphatic rings. The van der Waals surface area contributed by atoms with Crippen molar-refractivity contribution in [3.05, 3.63) is 18.2 Å². The van der Waals surface area contributed by atoms with E-state index in [-0.39, 0.29) is 31.8 Å². The van der Waals surface area contributed by atoms with Gasteiger partial charge in [0.2, 0.25) is 17.7 Å². The van der Waals surface area contributed by atoms with E-state index in [1.165, 1.54) is 12.5 Å². The van der Waals surface area contributed by atoms with Gasteiger partial charge < -0.3 is 53.5 Å². The summed E-state index contributed by atoms with van der Waals surface area (Å²) in [6, 6.07) is -5.77. The maximum absolute atomic E-state index is 12.9. The Kier molecular flexibility index (Phi) is 12.3. The Morgan fingerprint density at radius 2 is 1.61 bits per heavy atom. The maximum atomic E-state index is 12.9. The normalized spacial score (nSPS) is 13.9. The average Bonchev–Trinajstić information content (AvgIpc) is 3.31. The number of aromatic nitrogens is 2. The number of hydrogen-bond acceptors (Lipinski definition) is 9. The number of aliphatic carboxylic acids is 2.